The standard InChI is InChI=1S/C22H26N2O5/c1-2-3-13-29-22(27)16-8-10-18(11-9-16)23-20(25)17-6-4-12-24(15-17)21(26)19-7-5-14-28-19/h5,7-11,14,17H,2-4,6,12-13,15H2,1H3,(H,23,25). The van der Waals surface area contributed by atoms with Gasteiger partial charge in [-0.25, -0.2) is 4.79 Å². The van der Waals surface area contributed by atoms with Crippen LogP contribution < -0.4 is 5.32 Å². The molecule has 0 bridgehead atoms. The fourth-order valence-electron chi connectivity index (χ4n) is 3.26. The average molecular weight is 398 g/mol. The molecule has 0 aliphatic carbocycles. The quantitative estimate of drug-likeness (QED) is 0.567. The highest BCUT2D eigenvalue weighted by atomic mass is 16.5. The first-order valence-electron chi connectivity index (χ1n) is 9.99. The molecule has 1 unspecified atom stereocenters. The molecule has 7 heteroatoms. The molecule has 1 aliphatic rings. The molecule has 1 N–H and O–H groups in total. The normalized spacial score (nSPS) is 16.3. The number of rotatable bonds is 7. The zero-order valence-corrected chi connectivity index (χ0v) is 16.6. The van der Waals surface area contributed by atoms with Crippen molar-refractivity contribution in [1.82, 2.24) is 4.90 Å². The number of ether oxygens (including phenoxy) is 1. The molecule has 2 amide bonds. The van der Waals surface area contributed by atoms with Gasteiger partial charge in [-0.1, -0.05) is 13.3 Å². The van der Waals surface area contributed by atoms with Gasteiger partial charge in [0.25, 0.3) is 5.91 Å². The van der Waals surface area contributed by atoms with Crippen molar-refractivity contribution >= 4 is 23.5 Å². The summed E-state index contributed by atoms with van der Waals surface area (Å²) in [4.78, 5) is 38.7. The summed E-state index contributed by atoms with van der Waals surface area (Å²) in [5, 5.41) is 2.87. The lowest BCUT2D eigenvalue weighted by Gasteiger charge is -2.31. The SMILES string of the molecule is CCCCOC(=O)c1ccc(NC(=O)C2CCCN(C(=O)c3ccco3)C2)cc1. The predicted molar refractivity (Wildman–Crippen MR) is 108 cm³/mol. The highest BCUT2D eigenvalue weighted by Gasteiger charge is 2.29. The van der Waals surface area contributed by atoms with E-state index in [2.05, 4.69) is 5.32 Å². The summed E-state index contributed by atoms with van der Waals surface area (Å²) < 4.78 is 10.3. The minimum atomic E-state index is -0.365. The van der Waals surface area contributed by atoms with Crippen molar-refractivity contribution < 1.29 is 23.5 Å². The maximum absolute atomic E-state index is 12.7. The van der Waals surface area contributed by atoms with E-state index in [1.807, 2.05) is 6.92 Å². The van der Waals surface area contributed by atoms with Gasteiger partial charge < -0.3 is 19.4 Å². The summed E-state index contributed by atoms with van der Waals surface area (Å²) in [6.07, 6.45) is 4.73. The summed E-state index contributed by atoms with van der Waals surface area (Å²) in [5.74, 6) is -0.705. The van der Waals surface area contributed by atoms with Crippen LogP contribution in [0.15, 0.2) is 47.1 Å². The lowest BCUT2D eigenvalue weighted by atomic mass is 9.96. The number of hydrogen-bond donors (Lipinski definition) is 1. The van der Waals surface area contributed by atoms with Gasteiger partial charge in [0, 0.05) is 18.8 Å². The molecule has 29 heavy (non-hydrogen) atoms. The molecular formula is C22H26N2O5. The second-order valence-electron chi connectivity index (χ2n) is 7.12. The third-order valence-electron chi connectivity index (χ3n) is 4.93. The van der Waals surface area contributed by atoms with Crippen molar-refractivity contribution in [3.05, 3.63) is 54.0 Å². The molecular weight excluding hydrogens is 372 g/mol. The zero-order chi connectivity index (χ0) is 20.6. The number of unbranched alkanes of at least 4 members (excludes halogenated alkanes) is 1. The van der Waals surface area contributed by atoms with Gasteiger partial charge in [-0.05, 0) is 55.7 Å². The molecule has 0 saturated carbocycles. The minimum absolute atomic E-state index is 0.139. The number of amides is 2. The molecule has 3 rings (SSSR count). The van der Waals surface area contributed by atoms with Crippen LogP contribution in [0.4, 0.5) is 5.69 Å². The van der Waals surface area contributed by atoms with Gasteiger partial charge in [-0.15, -0.1) is 0 Å². The highest BCUT2D eigenvalue weighted by Crippen LogP contribution is 2.21. The smallest absolute Gasteiger partial charge is 0.338 e. The third kappa shape index (κ3) is 5.47. The van der Waals surface area contributed by atoms with Crippen LogP contribution in [0, 0.1) is 5.92 Å². The van der Waals surface area contributed by atoms with Crippen molar-refractivity contribution in [1.29, 1.82) is 0 Å². The number of nitrogens with zero attached hydrogens (tertiary/aromatic N) is 1. The van der Waals surface area contributed by atoms with E-state index in [0.717, 1.165) is 25.7 Å². The van der Waals surface area contributed by atoms with Gasteiger partial charge in [0.2, 0.25) is 5.91 Å². The van der Waals surface area contributed by atoms with Crippen LogP contribution in [-0.2, 0) is 9.53 Å². The molecule has 1 fully saturated rings. The fraction of sp³-hybridized carbons (Fsp3) is 0.409. The Balaban J connectivity index is 1.54. The van der Waals surface area contributed by atoms with Crippen LogP contribution in [-0.4, -0.2) is 42.4 Å². The van der Waals surface area contributed by atoms with Crippen LogP contribution >= 0.6 is 0 Å². The monoisotopic (exact) mass is 398 g/mol. The van der Waals surface area contributed by atoms with E-state index in [1.165, 1.54) is 6.26 Å². The number of benzene rings is 1. The number of carbonyl (C=O) groups excluding carboxylic acids is 3. The zero-order valence-electron chi connectivity index (χ0n) is 16.6. The molecule has 1 aromatic heterocycles. The third-order valence-corrected chi connectivity index (χ3v) is 4.93. The molecule has 1 atom stereocenters. The van der Waals surface area contributed by atoms with Crippen molar-refractivity contribution in [3.63, 3.8) is 0 Å². The molecule has 0 spiro atoms. The Kier molecular flexibility index (Phi) is 7.05. The van der Waals surface area contributed by atoms with Crippen LogP contribution in [0.2, 0.25) is 0 Å². The topological polar surface area (TPSA) is 88.9 Å². The van der Waals surface area contributed by atoms with Gasteiger partial charge in [-0.3, -0.25) is 9.59 Å². The fourth-order valence-corrected chi connectivity index (χ4v) is 3.26. The number of anilines is 1. The maximum atomic E-state index is 12.7. The van der Waals surface area contributed by atoms with Crippen LogP contribution in [0.1, 0.15) is 53.5 Å². The van der Waals surface area contributed by atoms with Crippen LogP contribution in [0.5, 0.6) is 0 Å². The van der Waals surface area contributed by atoms with E-state index < -0.39 is 0 Å². The van der Waals surface area contributed by atoms with E-state index >= 15 is 0 Å². The largest absolute Gasteiger partial charge is 0.462 e. The number of carbonyl (C=O) groups is 3. The van der Waals surface area contributed by atoms with E-state index in [4.69, 9.17) is 9.15 Å². The number of esters is 1. The number of piperidine rings is 1. The Hall–Kier alpha value is -3.09. The average Bonchev–Trinajstić information content (AvgIpc) is 3.29. The molecule has 1 aromatic carbocycles. The summed E-state index contributed by atoms with van der Waals surface area (Å²) in [7, 11) is 0. The van der Waals surface area contributed by atoms with Crippen molar-refractivity contribution in [2.75, 3.05) is 25.0 Å². The van der Waals surface area contributed by atoms with Crippen molar-refractivity contribution in [2.24, 2.45) is 5.92 Å². The molecule has 1 aliphatic heterocycles. The summed E-state index contributed by atoms with van der Waals surface area (Å²) >= 11 is 0. The van der Waals surface area contributed by atoms with Gasteiger partial charge in [0.1, 0.15) is 0 Å². The highest BCUT2D eigenvalue weighted by molar-refractivity contribution is 5.95. The Labute approximate surface area is 170 Å². The van der Waals surface area contributed by atoms with Gasteiger partial charge in [0.15, 0.2) is 5.76 Å². The number of hydrogen-bond acceptors (Lipinski definition) is 5. The summed E-state index contributed by atoms with van der Waals surface area (Å²) in [6.45, 7) is 3.40. The lowest BCUT2D eigenvalue weighted by molar-refractivity contribution is -0.121. The van der Waals surface area contributed by atoms with E-state index in [-0.39, 0.29) is 29.5 Å². The second-order valence-corrected chi connectivity index (χ2v) is 7.12. The number of nitrogens with one attached hydrogen (secondary N) is 1. The lowest BCUT2D eigenvalue weighted by Crippen LogP contribution is -2.43. The maximum Gasteiger partial charge on any atom is 0.338 e. The molecule has 0 radical (unpaired) electrons. The number of furan rings is 1. The Morgan fingerprint density at radius 1 is 1.21 bits per heavy atom. The summed E-state index contributed by atoms with van der Waals surface area (Å²) in [6, 6.07) is 9.94. The second kappa shape index (κ2) is 9.91. The van der Waals surface area contributed by atoms with Crippen LogP contribution in [0.25, 0.3) is 0 Å². The van der Waals surface area contributed by atoms with Gasteiger partial charge in [0.05, 0.1) is 24.4 Å². The van der Waals surface area contributed by atoms with E-state index in [9.17, 15) is 14.4 Å². The predicted octanol–water partition coefficient (Wildman–Crippen LogP) is 3.73. The molecule has 2 heterocycles. The molecule has 154 valence electrons. The number of likely N-dealkylation sites (tertiary alicyclic amines) is 1. The Bertz CT molecular complexity index is 829. The summed E-state index contributed by atoms with van der Waals surface area (Å²) in [5.41, 5.74) is 1.06. The minimum Gasteiger partial charge on any atom is -0.462 e. The van der Waals surface area contributed by atoms with Gasteiger partial charge in [-0.2, -0.15) is 0 Å². The first-order chi connectivity index (χ1) is 14.1. The van der Waals surface area contributed by atoms with E-state index in [1.54, 1.807) is 41.3 Å². The van der Waals surface area contributed by atoms with Crippen molar-refractivity contribution in [2.45, 2.75) is 32.6 Å². The van der Waals surface area contributed by atoms with Crippen LogP contribution in [0.3, 0.4) is 0 Å². The molecule has 1 saturated heterocycles. The molecule has 7 nitrogen and oxygen atoms in total. The van der Waals surface area contributed by atoms with Gasteiger partial charge >= 0.3 is 5.97 Å². The first kappa shape index (κ1) is 20.6. The first-order valence-corrected chi connectivity index (χ1v) is 9.99. The molecule has 2 aromatic rings. The van der Waals surface area contributed by atoms with Crippen molar-refractivity contribution in [3.8, 4) is 0 Å². The van der Waals surface area contributed by atoms with E-state index in [0.29, 0.717) is 30.9 Å². The Morgan fingerprint density at radius 3 is 2.69 bits per heavy atom. The Morgan fingerprint density at radius 2 is 2.00 bits per heavy atom.